The van der Waals surface area contributed by atoms with Gasteiger partial charge in [-0.1, -0.05) is 42.5 Å². The highest BCUT2D eigenvalue weighted by molar-refractivity contribution is 6.51. The van der Waals surface area contributed by atoms with Crippen molar-refractivity contribution in [3.63, 3.8) is 0 Å². The van der Waals surface area contributed by atoms with E-state index in [4.69, 9.17) is 9.47 Å². The number of ketones is 1. The number of nitrogens with zero attached hydrogens (tertiary/aromatic N) is 1. The van der Waals surface area contributed by atoms with Gasteiger partial charge >= 0.3 is 0 Å². The fourth-order valence-electron chi connectivity index (χ4n) is 3.97. The van der Waals surface area contributed by atoms with E-state index in [1.807, 2.05) is 19.9 Å². The van der Waals surface area contributed by atoms with Crippen LogP contribution in [0.25, 0.3) is 5.76 Å². The normalized spacial score (nSPS) is 17.3. The highest BCUT2D eigenvalue weighted by Crippen LogP contribution is 2.42. The SMILES string of the molecule is CCOc1ccc(C2/C(=C(/O)c3cccc(OCC)c3)C(=O)C(=O)N2c2ccccc2)cc1. The van der Waals surface area contributed by atoms with Crippen LogP contribution in [-0.2, 0) is 9.59 Å². The standard InChI is InChI=1S/C27H25NO5/c1-3-32-21-15-13-18(14-16-21)24-23(25(29)19-9-8-12-22(17-19)33-4-2)26(30)27(31)28(24)20-10-6-5-7-11-20/h5-17,24,29H,3-4H2,1-2H3/b25-23-. The number of amides is 1. The molecule has 1 aliphatic heterocycles. The lowest BCUT2D eigenvalue weighted by molar-refractivity contribution is -0.132. The van der Waals surface area contributed by atoms with Crippen LogP contribution in [0.4, 0.5) is 5.69 Å². The van der Waals surface area contributed by atoms with Crippen LogP contribution in [0, 0.1) is 0 Å². The topological polar surface area (TPSA) is 76.1 Å². The van der Waals surface area contributed by atoms with E-state index in [0.29, 0.717) is 41.5 Å². The Kier molecular flexibility index (Phi) is 6.45. The van der Waals surface area contributed by atoms with E-state index in [9.17, 15) is 14.7 Å². The second-order valence-electron chi connectivity index (χ2n) is 7.47. The van der Waals surface area contributed by atoms with Crippen LogP contribution in [0.1, 0.15) is 31.0 Å². The van der Waals surface area contributed by atoms with Crippen molar-refractivity contribution in [2.75, 3.05) is 18.1 Å². The zero-order chi connectivity index (χ0) is 23.4. The van der Waals surface area contributed by atoms with E-state index in [1.165, 1.54) is 4.90 Å². The number of hydrogen-bond acceptors (Lipinski definition) is 5. The third-order valence-corrected chi connectivity index (χ3v) is 5.40. The molecule has 3 aromatic rings. The van der Waals surface area contributed by atoms with Crippen LogP contribution < -0.4 is 14.4 Å². The quantitative estimate of drug-likeness (QED) is 0.312. The molecule has 1 saturated heterocycles. The minimum Gasteiger partial charge on any atom is -0.507 e. The number of benzene rings is 3. The lowest BCUT2D eigenvalue weighted by atomic mass is 9.95. The monoisotopic (exact) mass is 443 g/mol. The van der Waals surface area contributed by atoms with Gasteiger partial charge in [0.25, 0.3) is 11.7 Å². The van der Waals surface area contributed by atoms with E-state index in [0.717, 1.165) is 0 Å². The Labute approximate surface area is 192 Å². The minimum absolute atomic E-state index is 0.0293. The van der Waals surface area contributed by atoms with Gasteiger partial charge in [0.05, 0.1) is 24.8 Å². The molecule has 3 aromatic carbocycles. The van der Waals surface area contributed by atoms with Crippen molar-refractivity contribution in [2.45, 2.75) is 19.9 Å². The van der Waals surface area contributed by atoms with Gasteiger partial charge in [0.2, 0.25) is 0 Å². The Bertz CT molecular complexity index is 1180. The smallest absolute Gasteiger partial charge is 0.300 e. The van der Waals surface area contributed by atoms with Gasteiger partial charge in [-0.15, -0.1) is 0 Å². The second kappa shape index (κ2) is 9.61. The summed E-state index contributed by atoms with van der Waals surface area (Å²) in [5.41, 5.74) is 1.69. The van der Waals surface area contributed by atoms with E-state index in [2.05, 4.69) is 0 Å². The van der Waals surface area contributed by atoms with Crippen LogP contribution in [0.2, 0.25) is 0 Å². The van der Waals surface area contributed by atoms with Gasteiger partial charge < -0.3 is 14.6 Å². The van der Waals surface area contributed by atoms with Gasteiger partial charge in [-0.2, -0.15) is 0 Å². The highest BCUT2D eigenvalue weighted by atomic mass is 16.5. The number of anilines is 1. The van der Waals surface area contributed by atoms with Crippen molar-refractivity contribution in [2.24, 2.45) is 0 Å². The molecule has 1 amide bonds. The number of hydrogen-bond donors (Lipinski definition) is 1. The van der Waals surface area contributed by atoms with Gasteiger partial charge in [0.1, 0.15) is 17.3 Å². The lowest BCUT2D eigenvalue weighted by Crippen LogP contribution is -2.29. The third-order valence-electron chi connectivity index (χ3n) is 5.40. The third kappa shape index (κ3) is 4.32. The molecule has 1 fully saturated rings. The van der Waals surface area contributed by atoms with Gasteiger partial charge in [0.15, 0.2) is 0 Å². The summed E-state index contributed by atoms with van der Waals surface area (Å²) in [5.74, 6) is -0.425. The largest absolute Gasteiger partial charge is 0.507 e. The number of Topliss-reactive ketones (excluding diaryl/α,β-unsaturated/α-hetero) is 1. The van der Waals surface area contributed by atoms with Crippen molar-refractivity contribution in [1.82, 2.24) is 0 Å². The fraction of sp³-hybridized carbons (Fsp3) is 0.185. The maximum Gasteiger partial charge on any atom is 0.300 e. The molecular formula is C27H25NO5. The molecule has 168 valence electrons. The molecule has 0 bridgehead atoms. The van der Waals surface area contributed by atoms with Crippen LogP contribution in [0.5, 0.6) is 11.5 Å². The van der Waals surface area contributed by atoms with Crippen molar-refractivity contribution >= 4 is 23.1 Å². The molecule has 1 unspecified atom stereocenters. The summed E-state index contributed by atoms with van der Waals surface area (Å²) in [7, 11) is 0. The molecule has 0 radical (unpaired) electrons. The molecule has 0 aliphatic carbocycles. The van der Waals surface area contributed by atoms with Crippen LogP contribution in [0.15, 0.2) is 84.4 Å². The number of ether oxygens (including phenoxy) is 2. The zero-order valence-corrected chi connectivity index (χ0v) is 18.5. The summed E-state index contributed by atoms with van der Waals surface area (Å²) in [6.45, 7) is 4.76. The predicted molar refractivity (Wildman–Crippen MR) is 126 cm³/mol. The first-order valence-electron chi connectivity index (χ1n) is 10.9. The Hall–Kier alpha value is -4.06. The highest BCUT2D eigenvalue weighted by Gasteiger charge is 2.46. The summed E-state index contributed by atoms with van der Waals surface area (Å²) in [6.07, 6.45) is 0. The number of carbonyl (C=O) groups is 2. The van der Waals surface area contributed by atoms with Crippen molar-refractivity contribution in [1.29, 1.82) is 0 Å². The Morgan fingerprint density at radius 1 is 0.848 bits per heavy atom. The zero-order valence-electron chi connectivity index (χ0n) is 18.5. The predicted octanol–water partition coefficient (Wildman–Crippen LogP) is 5.11. The van der Waals surface area contributed by atoms with Crippen molar-refractivity contribution in [3.8, 4) is 11.5 Å². The average molecular weight is 443 g/mol. The summed E-state index contributed by atoms with van der Waals surface area (Å²) >= 11 is 0. The molecule has 33 heavy (non-hydrogen) atoms. The molecular weight excluding hydrogens is 418 g/mol. The number of aliphatic hydroxyl groups excluding tert-OH is 1. The lowest BCUT2D eigenvalue weighted by Gasteiger charge is -2.25. The number of carbonyl (C=O) groups excluding carboxylic acids is 2. The average Bonchev–Trinajstić information content (AvgIpc) is 3.11. The van der Waals surface area contributed by atoms with Crippen LogP contribution in [0.3, 0.4) is 0 Å². The van der Waals surface area contributed by atoms with Gasteiger partial charge in [0, 0.05) is 11.3 Å². The van der Waals surface area contributed by atoms with Crippen LogP contribution in [-0.4, -0.2) is 30.0 Å². The first kappa shape index (κ1) is 22.1. The maximum absolute atomic E-state index is 13.2. The van der Waals surface area contributed by atoms with E-state index in [1.54, 1.807) is 72.8 Å². The Balaban J connectivity index is 1.88. The first-order chi connectivity index (χ1) is 16.0. The summed E-state index contributed by atoms with van der Waals surface area (Å²) in [4.78, 5) is 27.8. The molecule has 0 aromatic heterocycles. The maximum atomic E-state index is 13.2. The van der Waals surface area contributed by atoms with E-state index < -0.39 is 17.7 Å². The van der Waals surface area contributed by atoms with E-state index in [-0.39, 0.29) is 11.3 Å². The fourth-order valence-corrected chi connectivity index (χ4v) is 3.97. The summed E-state index contributed by atoms with van der Waals surface area (Å²) in [5, 5.41) is 11.2. The summed E-state index contributed by atoms with van der Waals surface area (Å²) in [6, 6.07) is 22.2. The molecule has 1 atom stereocenters. The molecule has 1 N–H and O–H groups in total. The molecule has 6 heteroatoms. The molecule has 4 rings (SSSR count). The van der Waals surface area contributed by atoms with Crippen molar-refractivity contribution in [3.05, 3.63) is 95.6 Å². The Morgan fingerprint density at radius 3 is 2.18 bits per heavy atom. The van der Waals surface area contributed by atoms with Gasteiger partial charge in [-0.05, 0) is 55.8 Å². The number of para-hydroxylation sites is 1. The Morgan fingerprint density at radius 2 is 1.52 bits per heavy atom. The first-order valence-corrected chi connectivity index (χ1v) is 10.9. The molecule has 1 aliphatic rings. The van der Waals surface area contributed by atoms with Gasteiger partial charge in [-0.3, -0.25) is 14.5 Å². The number of rotatable bonds is 7. The van der Waals surface area contributed by atoms with Gasteiger partial charge in [-0.25, -0.2) is 0 Å². The van der Waals surface area contributed by atoms with Crippen LogP contribution >= 0.6 is 0 Å². The molecule has 0 spiro atoms. The minimum atomic E-state index is -0.793. The number of aliphatic hydroxyl groups is 1. The van der Waals surface area contributed by atoms with Crippen molar-refractivity contribution < 1.29 is 24.2 Å². The van der Waals surface area contributed by atoms with E-state index >= 15 is 0 Å². The molecule has 0 saturated carbocycles. The molecule has 1 heterocycles. The second-order valence-corrected chi connectivity index (χ2v) is 7.47. The summed E-state index contributed by atoms with van der Waals surface area (Å²) < 4.78 is 11.1. The molecule has 6 nitrogen and oxygen atoms in total.